The maximum atomic E-state index is 5.97. The van der Waals surface area contributed by atoms with Crippen molar-refractivity contribution in [2.45, 2.75) is 6.92 Å². The van der Waals surface area contributed by atoms with Crippen molar-refractivity contribution in [3.63, 3.8) is 0 Å². The second kappa shape index (κ2) is 4.89. The first-order valence-electron chi connectivity index (χ1n) is 4.87. The second-order valence-corrected chi connectivity index (χ2v) is 4.79. The zero-order chi connectivity index (χ0) is 12.4. The summed E-state index contributed by atoms with van der Waals surface area (Å²) in [4.78, 5) is 7.83. The van der Waals surface area contributed by atoms with Crippen LogP contribution in [-0.4, -0.2) is 9.97 Å². The molecule has 0 amide bonds. The van der Waals surface area contributed by atoms with Crippen LogP contribution >= 0.6 is 27.5 Å². The summed E-state index contributed by atoms with van der Waals surface area (Å²) in [5.41, 5.74) is 7.54. The van der Waals surface area contributed by atoms with Gasteiger partial charge in [-0.2, -0.15) is 4.98 Å². The van der Waals surface area contributed by atoms with Crippen molar-refractivity contribution < 1.29 is 0 Å². The molecule has 4 nitrogen and oxygen atoms in total. The van der Waals surface area contributed by atoms with Crippen LogP contribution in [0, 0.1) is 6.92 Å². The molecule has 0 saturated carbocycles. The molecule has 0 saturated heterocycles. The van der Waals surface area contributed by atoms with Crippen LogP contribution in [0.15, 0.2) is 28.9 Å². The topological polar surface area (TPSA) is 63.8 Å². The molecule has 88 valence electrons. The number of rotatable bonds is 2. The van der Waals surface area contributed by atoms with E-state index in [0.717, 1.165) is 15.7 Å². The minimum Gasteiger partial charge on any atom is -0.368 e. The molecule has 1 heterocycles. The van der Waals surface area contributed by atoms with Gasteiger partial charge >= 0.3 is 0 Å². The first kappa shape index (κ1) is 12.1. The summed E-state index contributed by atoms with van der Waals surface area (Å²) >= 11 is 9.44. The lowest BCUT2D eigenvalue weighted by molar-refractivity contribution is 1.18. The molecule has 1 aromatic carbocycles. The molecule has 2 rings (SSSR count). The Bertz CT molecular complexity index is 559. The maximum Gasteiger partial charge on any atom is 0.222 e. The molecule has 0 aliphatic heterocycles. The average Bonchev–Trinajstić information content (AvgIpc) is 2.27. The van der Waals surface area contributed by atoms with E-state index in [0.29, 0.717) is 10.8 Å². The predicted octanol–water partition coefficient (Wildman–Crippen LogP) is 3.53. The highest BCUT2D eigenvalue weighted by Gasteiger charge is 2.06. The van der Waals surface area contributed by atoms with Gasteiger partial charge in [0.2, 0.25) is 5.95 Å². The number of nitrogens with one attached hydrogen (secondary N) is 1. The molecule has 6 heteroatoms. The summed E-state index contributed by atoms with van der Waals surface area (Å²) in [5.74, 6) is 0.670. The minimum absolute atomic E-state index is 0.181. The number of anilines is 3. The molecular weight excluding hydrogens is 304 g/mol. The monoisotopic (exact) mass is 312 g/mol. The number of nitrogens with two attached hydrogens (primary N) is 1. The largest absolute Gasteiger partial charge is 0.368 e. The summed E-state index contributed by atoms with van der Waals surface area (Å²) < 4.78 is 0.936. The van der Waals surface area contributed by atoms with E-state index in [9.17, 15) is 0 Å². The molecule has 3 N–H and O–H groups in total. The number of aromatic nitrogens is 2. The highest BCUT2D eigenvalue weighted by atomic mass is 79.9. The normalized spacial score (nSPS) is 10.3. The van der Waals surface area contributed by atoms with Gasteiger partial charge < -0.3 is 11.1 Å². The van der Waals surface area contributed by atoms with Crippen LogP contribution in [0.3, 0.4) is 0 Å². The number of hydrogen-bond donors (Lipinski definition) is 2. The molecule has 0 spiro atoms. The van der Waals surface area contributed by atoms with Crippen molar-refractivity contribution in [1.29, 1.82) is 0 Å². The Labute approximate surface area is 112 Å². The van der Waals surface area contributed by atoms with E-state index < -0.39 is 0 Å². The van der Waals surface area contributed by atoms with Gasteiger partial charge in [0.25, 0.3) is 0 Å². The van der Waals surface area contributed by atoms with E-state index in [-0.39, 0.29) is 5.95 Å². The molecule has 0 bridgehead atoms. The Kier molecular flexibility index (Phi) is 3.49. The maximum absolute atomic E-state index is 5.97. The van der Waals surface area contributed by atoms with Gasteiger partial charge in [-0.15, -0.1) is 0 Å². The van der Waals surface area contributed by atoms with Gasteiger partial charge in [0, 0.05) is 4.47 Å². The van der Waals surface area contributed by atoms with E-state index in [1.54, 1.807) is 0 Å². The molecule has 0 fully saturated rings. The third-order valence-corrected chi connectivity index (χ3v) is 3.07. The average molecular weight is 314 g/mol. The van der Waals surface area contributed by atoms with Crippen LogP contribution in [0.5, 0.6) is 0 Å². The first-order valence-corrected chi connectivity index (χ1v) is 6.04. The van der Waals surface area contributed by atoms with Crippen molar-refractivity contribution in [2.24, 2.45) is 0 Å². The van der Waals surface area contributed by atoms with Crippen LogP contribution in [0.25, 0.3) is 0 Å². The lowest BCUT2D eigenvalue weighted by Gasteiger charge is -2.09. The van der Waals surface area contributed by atoms with E-state index >= 15 is 0 Å². The van der Waals surface area contributed by atoms with Crippen LogP contribution in [-0.2, 0) is 0 Å². The fourth-order valence-corrected chi connectivity index (χ4v) is 2.05. The van der Waals surface area contributed by atoms with Gasteiger partial charge in [-0.25, -0.2) is 4.98 Å². The van der Waals surface area contributed by atoms with Gasteiger partial charge in [-0.3, -0.25) is 0 Å². The Morgan fingerprint density at radius 2 is 2.18 bits per heavy atom. The van der Waals surface area contributed by atoms with Gasteiger partial charge in [0.1, 0.15) is 5.02 Å². The Morgan fingerprint density at radius 1 is 1.41 bits per heavy atom. The minimum atomic E-state index is 0.181. The molecule has 0 radical (unpaired) electrons. The highest BCUT2D eigenvalue weighted by molar-refractivity contribution is 9.10. The number of benzene rings is 1. The number of aryl methyl sites for hydroxylation is 1. The third-order valence-electron chi connectivity index (χ3n) is 2.14. The van der Waals surface area contributed by atoms with Crippen LogP contribution in [0.2, 0.25) is 5.02 Å². The van der Waals surface area contributed by atoms with Crippen LogP contribution in [0.4, 0.5) is 17.5 Å². The van der Waals surface area contributed by atoms with Crippen LogP contribution < -0.4 is 11.1 Å². The Morgan fingerprint density at radius 3 is 2.88 bits per heavy atom. The van der Waals surface area contributed by atoms with Gasteiger partial charge in [-0.1, -0.05) is 17.7 Å². The van der Waals surface area contributed by atoms with Gasteiger partial charge in [0.05, 0.1) is 11.9 Å². The number of hydrogen-bond acceptors (Lipinski definition) is 4. The first-order chi connectivity index (χ1) is 8.06. The summed E-state index contributed by atoms with van der Waals surface area (Å²) in [6.07, 6.45) is 1.47. The fourth-order valence-electron chi connectivity index (χ4n) is 1.32. The summed E-state index contributed by atoms with van der Waals surface area (Å²) in [5, 5.41) is 3.52. The Balaban J connectivity index is 2.34. The van der Waals surface area contributed by atoms with Crippen molar-refractivity contribution >= 4 is 45.0 Å². The smallest absolute Gasteiger partial charge is 0.222 e. The summed E-state index contributed by atoms with van der Waals surface area (Å²) in [7, 11) is 0. The second-order valence-electron chi connectivity index (χ2n) is 3.53. The standard InChI is InChI=1S/C11H10BrClN4/c1-6-2-3-9(7(12)4-6)16-10-8(13)5-15-11(14)17-10/h2-5H,1H3,(H3,14,15,16,17). The predicted molar refractivity (Wildman–Crippen MR) is 73.6 cm³/mol. The number of nitrogens with zero attached hydrogens (tertiary/aromatic N) is 2. The van der Waals surface area contributed by atoms with Crippen molar-refractivity contribution in [2.75, 3.05) is 11.1 Å². The molecular formula is C11H10BrClN4. The highest BCUT2D eigenvalue weighted by Crippen LogP contribution is 2.29. The fraction of sp³-hybridized carbons (Fsp3) is 0.0909. The summed E-state index contributed by atoms with van der Waals surface area (Å²) in [6.45, 7) is 2.02. The molecule has 0 atom stereocenters. The SMILES string of the molecule is Cc1ccc(Nc2nc(N)ncc2Cl)c(Br)c1. The van der Waals surface area contributed by atoms with E-state index in [2.05, 4.69) is 31.2 Å². The van der Waals surface area contributed by atoms with E-state index in [4.69, 9.17) is 17.3 Å². The quantitative estimate of drug-likeness (QED) is 0.890. The Hall–Kier alpha value is -1.33. The molecule has 0 aliphatic carbocycles. The van der Waals surface area contributed by atoms with Crippen molar-refractivity contribution in [3.8, 4) is 0 Å². The van der Waals surface area contributed by atoms with Crippen molar-refractivity contribution in [1.82, 2.24) is 9.97 Å². The summed E-state index contributed by atoms with van der Waals surface area (Å²) in [6, 6.07) is 5.93. The lowest BCUT2D eigenvalue weighted by atomic mass is 10.2. The van der Waals surface area contributed by atoms with E-state index in [1.165, 1.54) is 6.20 Å². The zero-order valence-corrected chi connectivity index (χ0v) is 11.4. The molecule has 0 aliphatic rings. The molecule has 17 heavy (non-hydrogen) atoms. The van der Waals surface area contributed by atoms with Crippen LogP contribution in [0.1, 0.15) is 5.56 Å². The van der Waals surface area contributed by atoms with Gasteiger partial charge in [-0.05, 0) is 40.5 Å². The van der Waals surface area contributed by atoms with E-state index in [1.807, 2.05) is 25.1 Å². The molecule has 1 aromatic heterocycles. The number of halogens is 2. The van der Waals surface area contributed by atoms with Gasteiger partial charge in [0.15, 0.2) is 5.82 Å². The molecule has 0 unspecified atom stereocenters. The van der Waals surface area contributed by atoms with Crippen molar-refractivity contribution in [3.05, 3.63) is 39.5 Å². The lowest BCUT2D eigenvalue weighted by Crippen LogP contribution is -2.00. The third kappa shape index (κ3) is 2.87. The zero-order valence-electron chi connectivity index (χ0n) is 9.04. The molecule has 2 aromatic rings. The number of nitrogen functional groups attached to an aromatic ring is 1.